The molecule has 3 heterocycles. The van der Waals surface area contributed by atoms with E-state index >= 15 is 0 Å². The maximum atomic E-state index is 13.1. The monoisotopic (exact) mass is 462 g/mol. The molecule has 2 aromatic rings. The second-order valence-corrected chi connectivity index (χ2v) is 8.85. The Morgan fingerprint density at radius 2 is 2.03 bits per heavy atom. The highest BCUT2D eigenvalue weighted by Gasteiger charge is 2.46. The van der Waals surface area contributed by atoms with Crippen LogP contribution in [0.25, 0.3) is 5.65 Å². The molecule has 1 aliphatic rings. The molecule has 12 heteroatoms. The molecular weight excluding hydrogens is 435 g/mol. The minimum atomic E-state index is -4.32. The van der Waals surface area contributed by atoms with Gasteiger partial charge < -0.3 is 16.0 Å². The SMILES string of the molecule is CC(C)(CC[C@H](N)c1cn2ncc(CN3CC[C@H](C(F)F)CNC3=O)cc2n1)C(F)(F)F. The van der Waals surface area contributed by atoms with E-state index in [-0.39, 0.29) is 38.9 Å². The highest BCUT2D eigenvalue weighted by Crippen LogP contribution is 2.42. The number of nitrogens with one attached hydrogen (secondary N) is 1. The van der Waals surface area contributed by atoms with E-state index in [1.54, 1.807) is 12.3 Å². The van der Waals surface area contributed by atoms with E-state index < -0.39 is 36.0 Å². The smallest absolute Gasteiger partial charge is 0.337 e. The lowest BCUT2D eigenvalue weighted by molar-refractivity contribution is -0.214. The van der Waals surface area contributed by atoms with E-state index in [1.807, 2.05) is 0 Å². The van der Waals surface area contributed by atoms with Crippen molar-refractivity contribution >= 4 is 11.7 Å². The van der Waals surface area contributed by atoms with Gasteiger partial charge in [0.15, 0.2) is 5.65 Å². The first-order valence-electron chi connectivity index (χ1n) is 10.3. The van der Waals surface area contributed by atoms with Crippen molar-refractivity contribution in [1.29, 1.82) is 0 Å². The van der Waals surface area contributed by atoms with Gasteiger partial charge in [0.25, 0.3) is 0 Å². The van der Waals surface area contributed by atoms with Crippen LogP contribution in [0.2, 0.25) is 0 Å². The van der Waals surface area contributed by atoms with Crippen LogP contribution in [0.1, 0.15) is 50.4 Å². The summed E-state index contributed by atoms with van der Waals surface area (Å²) in [6.45, 7) is 2.56. The molecule has 2 amide bonds. The molecule has 0 aromatic carbocycles. The van der Waals surface area contributed by atoms with Crippen LogP contribution < -0.4 is 11.1 Å². The van der Waals surface area contributed by atoms with Crippen molar-refractivity contribution in [1.82, 2.24) is 24.8 Å². The number of amides is 2. The minimum absolute atomic E-state index is 0.0725. The minimum Gasteiger partial charge on any atom is -0.337 e. The summed E-state index contributed by atoms with van der Waals surface area (Å²) < 4.78 is 66.5. The van der Waals surface area contributed by atoms with Crippen LogP contribution in [0.3, 0.4) is 0 Å². The van der Waals surface area contributed by atoms with Crippen LogP contribution in [0.5, 0.6) is 0 Å². The highest BCUT2D eigenvalue weighted by molar-refractivity contribution is 5.74. The number of aromatic nitrogens is 3. The summed E-state index contributed by atoms with van der Waals surface area (Å²) in [6, 6.07) is 0.571. The Labute approximate surface area is 182 Å². The van der Waals surface area contributed by atoms with Crippen LogP contribution in [0, 0.1) is 11.3 Å². The Balaban J connectivity index is 1.67. The lowest BCUT2D eigenvalue weighted by Crippen LogP contribution is -2.38. The molecular formula is C20H27F5N6O. The van der Waals surface area contributed by atoms with E-state index in [0.29, 0.717) is 16.9 Å². The number of carbonyl (C=O) groups excluding carboxylic acids is 1. The van der Waals surface area contributed by atoms with Crippen molar-refractivity contribution in [3.63, 3.8) is 0 Å². The second kappa shape index (κ2) is 9.16. The molecule has 0 unspecified atom stereocenters. The molecule has 32 heavy (non-hydrogen) atoms. The van der Waals surface area contributed by atoms with Crippen LogP contribution in [0.15, 0.2) is 18.5 Å². The fourth-order valence-electron chi connectivity index (χ4n) is 3.45. The lowest BCUT2D eigenvalue weighted by atomic mass is 9.85. The molecule has 2 aromatic heterocycles. The van der Waals surface area contributed by atoms with E-state index in [9.17, 15) is 26.7 Å². The Morgan fingerprint density at radius 3 is 2.69 bits per heavy atom. The molecule has 7 nitrogen and oxygen atoms in total. The van der Waals surface area contributed by atoms with E-state index in [1.165, 1.54) is 15.6 Å². The molecule has 2 atom stereocenters. The number of nitrogens with two attached hydrogens (primary N) is 1. The predicted octanol–water partition coefficient (Wildman–Crippen LogP) is 3.89. The summed E-state index contributed by atoms with van der Waals surface area (Å²) in [5, 5.41) is 6.74. The van der Waals surface area contributed by atoms with Crippen LogP contribution in [-0.4, -0.2) is 51.2 Å². The molecule has 0 aliphatic carbocycles. The maximum Gasteiger partial charge on any atom is 0.393 e. The van der Waals surface area contributed by atoms with Crippen molar-refractivity contribution in [3.05, 3.63) is 29.7 Å². The molecule has 1 fully saturated rings. The number of imidazole rings is 1. The molecule has 0 bridgehead atoms. The quantitative estimate of drug-likeness (QED) is 0.611. The lowest BCUT2D eigenvalue weighted by Gasteiger charge is -2.28. The zero-order valence-electron chi connectivity index (χ0n) is 17.9. The first-order chi connectivity index (χ1) is 14.9. The van der Waals surface area contributed by atoms with Gasteiger partial charge in [-0.05, 0) is 30.9 Å². The Morgan fingerprint density at radius 1 is 1.31 bits per heavy atom. The third-order valence-corrected chi connectivity index (χ3v) is 5.93. The molecule has 1 aliphatic heterocycles. The van der Waals surface area contributed by atoms with E-state index in [4.69, 9.17) is 5.73 Å². The number of fused-ring (bicyclic) bond motifs is 1. The summed E-state index contributed by atoms with van der Waals surface area (Å²) >= 11 is 0. The molecule has 1 saturated heterocycles. The second-order valence-electron chi connectivity index (χ2n) is 8.85. The molecule has 0 radical (unpaired) electrons. The molecule has 3 N–H and O–H groups in total. The zero-order chi connectivity index (χ0) is 23.7. The first-order valence-corrected chi connectivity index (χ1v) is 10.3. The Bertz CT molecular complexity index is 944. The number of nitrogens with zero attached hydrogens (tertiary/aromatic N) is 4. The van der Waals surface area contributed by atoms with Crippen molar-refractivity contribution in [3.8, 4) is 0 Å². The average molecular weight is 462 g/mol. The standard InChI is InChI=1S/C20H27F5N6O/c1-19(2,20(23,24)25)5-3-14(26)15-11-31-16(29-15)7-12(8-28-31)10-30-6-4-13(17(21)22)9-27-18(30)32/h7-8,11,13-14,17H,3-6,9-10,26H2,1-2H3,(H,27,32)/t13-,14-/m0/s1. The number of rotatable bonds is 7. The number of carbonyl (C=O) groups is 1. The van der Waals surface area contributed by atoms with Gasteiger partial charge in [0.1, 0.15) is 0 Å². The van der Waals surface area contributed by atoms with Crippen molar-refractivity contribution < 1.29 is 26.7 Å². The fourth-order valence-corrected chi connectivity index (χ4v) is 3.45. The van der Waals surface area contributed by atoms with Crippen LogP contribution in [-0.2, 0) is 6.54 Å². The summed E-state index contributed by atoms with van der Waals surface area (Å²) in [6.07, 6.45) is -3.59. The van der Waals surface area contributed by atoms with Crippen LogP contribution >= 0.6 is 0 Å². The number of hydrogen-bond acceptors (Lipinski definition) is 4. The van der Waals surface area contributed by atoms with Gasteiger partial charge in [-0.15, -0.1) is 0 Å². The van der Waals surface area contributed by atoms with Gasteiger partial charge in [-0.2, -0.15) is 18.3 Å². The topological polar surface area (TPSA) is 88.5 Å². The molecule has 0 spiro atoms. The summed E-state index contributed by atoms with van der Waals surface area (Å²) in [4.78, 5) is 18.0. The Hall–Kier alpha value is -2.50. The van der Waals surface area contributed by atoms with Gasteiger partial charge in [-0.25, -0.2) is 23.1 Å². The molecule has 3 rings (SSSR count). The largest absolute Gasteiger partial charge is 0.393 e. The third-order valence-electron chi connectivity index (χ3n) is 5.93. The molecule has 0 saturated carbocycles. The number of halogens is 5. The number of urea groups is 1. The van der Waals surface area contributed by atoms with Crippen molar-refractivity contribution in [2.45, 2.75) is 58.3 Å². The first kappa shape index (κ1) is 24.1. The van der Waals surface area contributed by atoms with Crippen molar-refractivity contribution in [2.24, 2.45) is 17.1 Å². The zero-order valence-corrected chi connectivity index (χ0v) is 17.9. The summed E-state index contributed by atoms with van der Waals surface area (Å²) in [7, 11) is 0. The predicted molar refractivity (Wildman–Crippen MR) is 107 cm³/mol. The van der Waals surface area contributed by atoms with Gasteiger partial charge in [0, 0.05) is 31.6 Å². The fraction of sp³-hybridized carbons (Fsp3) is 0.650. The van der Waals surface area contributed by atoms with Gasteiger partial charge in [-0.1, -0.05) is 13.8 Å². The van der Waals surface area contributed by atoms with Gasteiger partial charge in [0.05, 0.1) is 23.5 Å². The van der Waals surface area contributed by atoms with Gasteiger partial charge >= 0.3 is 12.2 Å². The Kier molecular flexibility index (Phi) is 6.91. The van der Waals surface area contributed by atoms with E-state index in [0.717, 1.165) is 13.8 Å². The average Bonchev–Trinajstić information content (AvgIpc) is 3.04. The van der Waals surface area contributed by atoms with Crippen LogP contribution in [0.4, 0.5) is 26.7 Å². The number of hydrogen-bond donors (Lipinski definition) is 2. The van der Waals surface area contributed by atoms with Gasteiger partial charge in [0.2, 0.25) is 6.43 Å². The normalized spacial score (nSPS) is 19.3. The maximum absolute atomic E-state index is 13.1. The summed E-state index contributed by atoms with van der Waals surface area (Å²) in [5.74, 6) is -0.886. The molecule has 178 valence electrons. The number of alkyl halides is 5. The third kappa shape index (κ3) is 5.45. The summed E-state index contributed by atoms with van der Waals surface area (Å²) in [5.41, 5.74) is 5.72. The van der Waals surface area contributed by atoms with Gasteiger partial charge in [-0.3, -0.25) is 0 Å². The van der Waals surface area contributed by atoms with E-state index in [2.05, 4.69) is 15.4 Å². The van der Waals surface area contributed by atoms with Crippen molar-refractivity contribution in [2.75, 3.05) is 13.1 Å². The highest BCUT2D eigenvalue weighted by atomic mass is 19.4.